The van der Waals surface area contributed by atoms with Crippen LogP contribution in [0.3, 0.4) is 0 Å². The molecule has 1 unspecified atom stereocenters. The van der Waals surface area contributed by atoms with Gasteiger partial charge in [0.25, 0.3) is 0 Å². The predicted molar refractivity (Wildman–Crippen MR) is 214 cm³/mol. The Labute approximate surface area is 303 Å². The van der Waals surface area contributed by atoms with E-state index < -0.39 is 0 Å². The molecule has 0 aromatic heterocycles. The first-order valence-corrected chi connectivity index (χ1v) is 19.7. The Balaban J connectivity index is 1.20. The van der Waals surface area contributed by atoms with Crippen LogP contribution in [0.4, 0.5) is 11.4 Å². The molecule has 0 saturated carbocycles. The quantitative estimate of drug-likeness (QED) is 0.0548. The summed E-state index contributed by atoms with van der Waals surface area (Å²) in [4.78, 5) is 0. The van der Waals surface area contributed by atoms with Crippen molar-refractivity contribution in [2.75, 3.05) is 13.2 Å². The lowest BCUT2D eigenvalue weighted by molar-refractivity contribution is 0.299. The summed E-state index contributed by atoms with van der Waals surface area (Å²) < 4.78 is 11.9. The molecule has 4 aromatic rings. The van der Waals surface area contributed by atoms with Crippen molar-refractivity contribution in [2.45, 2.75) is 130 Å². The predicted octanol–water partition coefficient (Wildman–Crippen LogP) is 15.2. The maximum Gasteiger partial charge on any atom is 0.122 e. The van der Waals surface area contributed by atoms with Crippen LogP contribution in [0.5, 0.6) is 11.5 Å². The Hall–Kier alpha value is -3.92. The summed E-state index contributed by atoms with van der Waals surface area (Å²) in [6, 6.07) is 31.5. The van der Waals surface area contributed by atoms with Gasteiger partial charge in [0, 0.05) is 0 Å². The fourth-order valence-electron chi connectivity index (χ4n) is 6.41. The second-order valence-electron chi connectivity index (χ2n) is 13.8. The lowest BCUT2D eigenvalue weighted by Gasteiger charge is -2.16. The Morgan fingerprint density at radius 1 is 0.480 bits per heavy atom. The highest BCUT2D eigenvalue weighted by atomic mass is 16.5. The number of ether oxygens (including phenoxy) is 2. The van der Waals surface area contributed by atoms with Gasteiger partial charge in [-0.05, 0) is 96.0 Å². The number of azo groups is 1. The zero-order valence-electron chi connectivity index (χ0n) is 31.5. The monoisotopic (exact) mass is 674 g/mol. The summed E-state index contributed by atoms with van der Waals surface area (Å²) in [6.45, 7) is 10.2. The van der Waals surface area contributed by atoms with Crippen LogP contribution in [0.1, 0.15) is 135 Å². The summed E-state index contributed by atoms with van der Waals surface area (Å²) in [6.07, 6.45) is 20.2. The number of nitrogens with zero attached hydrogens (tertiary/aromatic N) is 2. The molecule has 0 aliphatic rings. The fourth-order valence-corrected chi connectivity index (χ4v) is 6.41. The molecule has 4 aromatic carbocycles. The van der Waals surface area contributed by atoms with Gasteiger partial charge in [-0.2, -0.15) is 10.2 Å². The van der Waals surface area contributed by atoms with Crippen LogP contribution in [-0.2, 0) is 0 Å². The molecular formula is C46H62N2O2. The third kappa shape index (κ3) is 13.4. The van der Waals surface area contributed by atoms with Crippen molar-refractivity contribution < 1.29 is 9.47 Å². The fraction of sp³-hybridized carbons (Fsp3) is 0.478. The van der Waals surface area contributed by atoms with Crippen molar-refractivity contribution in [3.63, 3.8) is 0 Å². The molecular weight excluding hydrogens is 613 g/mol. The summed E-state index contributed by atoms with van der Waals surface area (Å²) in [5, 5.41) is 9.16. The zero-order valence-corrected chi connectivity index (χ0v) is 31.5. The molecule has 4 heteroatoms. The number of hydrogen-bond donors (Lipinski definition) is 0. The van der Waals surface area contributed by atoms with Crippen LogP contribution >= 0.6 is 0 Å². The SMILES string of the molecule is CCCCCCCCCCCCCCCCOc1ccc(/N=N/c2ccc(-c3ccc(-c4ccc(OCC)cc4)cc3)cc2)cc1C(C)CC. The van der Waals surface area contributed by atoms with E-state index in [0.717, 1.165) is 47.9 Å². The topological polar surface area (TPSA) is 43.2 Å². The van der Waals surface area contributed by atoms with E-state index in [0.29, 0.717) is 12.5 Å². The Morgan fingerprint density at radius 2 is 0.920 bits per heavy atom. The van der Waals surface area contributed by atoms with E-state index in [9.17, 15) is 0 Å². The van der Waals surface area contributed by atoms with Crippen molar-refractivity contribution in [2.24, 2.45) is 10.2 Å². The molecule has 0 aliphatic carbocycles. The smallest absolute Gasteiger partial charge is 0.122 e. The van der Waals surface area contributed by atoms with Gasteiger partial charge in [0.1, 0.15) is 11.5 Å². The van der Waals surface area contributed by atoms with Crippen molar-refractivity contribution in [3.8, 4) is 33.8 Å². The maximum atomic E-state index is 6.31. The molecule has 0 bridgehead atoms. The molecule has 268 valence electrons. The van der Waals surface area contributed by atoms with Gasteiger partial charge >= 0.3 is 0 Å². The van der Waals surface area contributed by atoms with Gasteiger partial charge in [0.2, 0.25) is 0 Å². The Bertz CT molecular complexity index is 1510. The molecule has 0 spiro atoms. The second kappa shape index (κ2) is 22.7. The average Bonchev–Trinajstić information content (AvgIpc) is 3.16. The Morgan fingerprint density at radius 3 is 1.42 bits per heavy atom. The van der Waals surface area contributed by atoms with Crippen LogP contribution in [-0.4, -0.2) is 13.2 Å². The largest absolute Gasteiger partial charge is 0.494 e. The molecule has 4 nitrogen and oxygen atoms in total. The maximum absolute atomic E-state index is 6.31. The van der Waals surface area contributed by atoms with Crippen molar-refractivity contribution in [3.05, 3.63) is 96.6 Å². The molecule has 0 amide bonds. The van der Waals surface area contributed by atoms with Gasteiger partial charge < -0.3 is 9.47 Å². The van der Waals surface area contributed by atoms with Crippen LogP contribution in [0.25, 0.3) is 22.3 Å². The summed E-state index contributed by atoms with van der Waals surface area (Å²) in [5.41, 5.74) is 7.61. The van der Waals surface area contributed by atoms with Crippen LogP contribution in [0.2, 0.25) is 0 Å². The standard InChI is InChI=1S/C46H62N2O2/c1-5-8-9-10-11-12-13-14-15-16-17-18-19-20-35-50-46-34-31-43(36-45(46)37(4)6-2)48-47-42-29-25-40(26-30-42)38-21-23-39(24-22-38)41-27-32-44(33-28-41)49-7-3/h21-34,36-37H,5-20,35H2,1-4H3/b48-47+. The highest BCUT2D eigenvalue weighted by Gasteiger charge is 2.12. The van der Waals surface area contributed by atoms with Gasteiger partial charge in [-0.1, -0.05) is 153 Å². The first kappa shape index (κ1) is 38.9. The van der Waals surface area contributed by atoms with Gasteiger partial charge in [-0.15, -0.1) is 0 Å². The molecule has 0 heterocycles. The van der Waals surface area contributed by atoms with Gasteiger partial charge in [-0.3, -0.25) is 0 Å². The molecule has 50 heavy (non-hydrogen) atoms. The molecule has 4 rings (SSSR count). The van der Waals surface area contributed by atoms with Gasteiger partial charge in [-0.25, -0.2) is 0 Å². The molecule has 0 N–H and O–H groups in total. The van der Waals surface area contributed by atoms with E-state index >= 15 is 0 Å². The second-order valence-corrected chi connectivity index (χ2v) is 13.8. The van der Waals surface area contributed by atoms with E-state index in [2.05, 4.69) is 91.7 Å². The van der Waals surface area contributed by atoms with E-state index in [-0.39, 0.29) is 0 Å². The number of rotatable bonds is 24. The highest BCUT2D eigenvalue weighted by molar-refractivity contribution is 5.71. The first-order valence-electron chi connectivity index (χ1n) is 19.7. The number of unbranched alkanes of at least 4 members (excludes halogenated alkanes) is 13. The van der Waals surface area contributed by atoms with Crippen molar-refractivity contribution >= 4 is 11.4 Å². The molecule has 0 fully saturated rings. The van der Waals surface area contributed by atoms with Gasteiger partial charge in [0.05, 0.1) is 24.6 Å². The number of benzene rings is 4. The molecule has 0 radical (unpaired) electrons. The molecule has 0 saturated heterocycles. The minimum absolute atomic E-state index is 0.400. The molecule has 0 aliphatic heterocycles. The number of hydrogen-bond acceptors (Lipinski definition) is 4. The van der Waals surface area contributed by atoms with E-state index in [1.54, 1.807) is 0 Å². The van der Waals surface area contributed by atoms with E-state index in [4.69, 9.17) is 9.47 Å². The first-order chi connectivity index (χ1) is 24.6. The summed E-state index contributed by atoms with van der Waals surface area (Å²) in [7, 11) is 0. The normalized spacial score (nSPS) is 12.0. The Kier molecular flexibility index (Phi) is 17.7. The van der Waals surface area contributed by atoms with Crippen molar-refractivity contribution in [1.82, 2.24) is 0 Å². The minimum atomic E-state index is 0.400. The minimum Gasteiger partial charge on any atom is -0.494 e. The molecule has 1 atom stereocenters. The summed E-state index contributed by atoms with van der Waals surface area (Å²) >= 11 is 0. The summed E-state index contributed by atoms with van der Waals surface area (Å²) in [5.74, 6) is 2.29. The lowest BCUT2D eigenvalue weighted by Crippen LogP contribution is -2.02. The van der Waals surface area contributed by atoms with Crippen LogP contribution < -0.4 is 9.47 Å². The third-order valence-corrected chi connectivity index (χ3v) is 9.76. The van der Waals surface area contributed by atoms with Gasteiger partial charge in [0.15, 0.2) is 0 Å². The van der Waals surface area contributed by atoms with Crippen LogP contribution in [0, 0.1) is 0 Å². The lowest BCUT2D eigenvalue weighted by atomic mass is 9.97. The zero-order chi connectivity index (χ0) is 35.2. The third-order valence-electron chi connectivity index (χ3n) is 9.76. The highest BCUT2D eigenvalue weighted by Crippen LogP contribution is 2.34. The average molecular weight is 675 g/mol. The van der Waals surface area contributed by atoms with E-state index in [1.165, 1.54) is 106 Å². The van der Waals surface area contributed by atoms with Crippen molar-refractivity contribution in [1.29, 1.82) is 0 Å². The van der Waals surface area contributed by atoms with Crippen LogP contribution in [0.15, 0.2) is 101 Å². The van der Waals surface area contributed by atoms with E-state index in [1.807, 2.05) is 37.3 Å².